The predicted octanol–water partition coefficient (Wildman–Crippen LogP) is 13.3. The first-order valence-electron chi connectivity index (χ1n) is 19.3. The monoisotopic (exact) mass is 696 g/mol. The highest BCUT2D eigenvalue weighted by molar-refractivity contribution is 6.04. The number of benzene rings is 9. The van der Waals surface area contributed by atoms with Crippen molar-refractivity contribution in [3.05, 3.63) is 239 Å². The fourth-order valence-corrected chi connectivity index (χ4v) is 11.2. The number of hydrogen-bond donors (Lipinski definition) is 0. The molecule has 4 aliphatic rings. The topological polar surface area (TPSA) is 9.23 Å². The normalized spacial score (nSPS) is 16.7. The van der Waals surface area contributed by atoms with Crippen molar-refractivity contribution in [2.45, 2.75) is 10.8 Å². The Balaban J connectivity index is 1.12. The van der Waals surface area contributed by atoms with Gasteiger partial charge in [-0.25, -0.2) is 0 Å². The maximum Gasteiger partial charge on any atom is 0.140 e. The molecule has 0 aromatic heterocycles. The smallest absolute Gasteiger partial charge is 0.140 e. The third-order valence-electron chi connectivity index (χ3n) is 13.2. The van der Waals surface area contributed by atoms with Crippen LogP contribution < -0.4 is 4.74 Å². The molecule has 0 bridgehead atoms. The van der Waals surface area contributed by atoms with Gasteiger partial charge in [-0.1, -0.05) is 182 Å². The third kappa shape index (κ3) is 3.42. The van der Waals surface area contributed by atoms with E-state index in [-0.39, 0.29) is 0 Å². The zero-order valence-electron chi connectivity index (χ0n) is 29.9. The summed E-state index contributed by atoms with van der Waals surface area (Å²) in [5.41, 5.74) is 19.5. The van der Waals surface area contributed by atoms with Crippen molar-refractivity contribution in [3.8, 4) is 56.0 Å². The third-order valence-corrected chi connectivity index (χ3v) is 13.2. The Morgan fingerprint density at radius 2 is 0.800 bits per heavy atom. The summed E-state index contributed by atoms with van der Waals surface area (Å²) in [6.45, 7) is 0. The van der Waals surface area contributed by atoms with Crippen LogP contribution in [0.1, 0.15) is 44.5 Å². The van der Waals surface area contributed by atoms with Crippen LogP contribution in [0.15, 0.2) is 194 Å². The molecular formula is C54H32O. The Kier molecular flexibility index (Phi) is 5.56. The maximum atomic E-state index is 7.15. The van der Waals surface area contributed by atoms with Gasteiger partial charge in [0.25, 0.3) is 0 Å². The van der Waals surface area contributed by atoms with Gasteiger partial charge in [0.15, 0.2) is 0 Å². The summed E-state index contributed by atoms with van der Waals surface area (Å²) in [5.74, 6) is 1.83. The number of fused-ring (bicyclic) bond motifs is 21. The lowest BCUT2D eigenvalue weighted by atomic mass is 9.65. The van der Waals surface area contributed by atoms with Crippen LogP contribution in [0.5, 0.6) is 11.5 Å². The van der Waals surface area contributed by atoms with Gasteiger partial charge in [-0.15, -0.1) is 0 Å². The molecule has 0 amide bonds. The van der Waals surface area contributed by atoms with Crippen LogP contribution in [-0.4, -0.2) is 0 Å². The molecule has 1 heterocycles. The molecule has 0 saturated carbocycles. The largest absolute Gasteiger partial charge is 0.456 e. The van der Waals surface area contributed by atoms with E-state index in [1.54, 1.807) is 0 Å². The Morgan fingerprint density at radius 3 is 1.49 bits per heavy atom. The fraction of sp³-hybridized carbons (Fsp3) is 0.0370. The van der Waals surface area contributed by atoms with Crippen LogP contribution in [-0.2, 0) is 10.8 Å². The Hall–Kier alpha value is -6.96. The van der Waals surface area contributed by atoms with Gasteiger partial charge in [0.2, 0.25) is 0 Å². The molecule has 1 atom stereocenters. The summed E-state index contributed by atoms with van der Waals surface area (Å²) in [4.78, 5) is 0. The second kappa shape index (κ2) is 10.4. The zero-order valence-corrected chi connectivity index (χ0v) is 29.9. The fourth-order valence-electron chi connectivity index (χ4n) is 11.2. The van der Waals surface area contributed by atoms with Crippen molar-refractivity contribution in [2.75, 3.05) is 0 Å². The Morgan fingerprint density at radius 1 is 0.309 bits per heavy atom. The second-order valence-electron chi connectivity index (χ2n) is 15.4. The number of ether oxygens (including phenoxy) is 1. The minimum absolute atomic E-state index is 0.471. The van der Waals surface area contributed by atoms with Crippen LogP contribution in [0.4, 0.5) is 0 Å². The summed E-state index contributed by atoms with van der Waals surface area (Å²) >= 11 is 0. The van der Waals surface area contributed by atoms with Crippen molar-refractivity contribution < 1.29 is 4.74 Å². The number of rotatable bonds is 1. The van der Waals surface area contributed by atoms with Crippen LogP contribution in [0.2, 0.25) is 0 Å². The lowest BCUT2D eigenvalue weighted by Crippen LogP contribution is -2.32. The standard InChI is InChI=1S/C54H32O/c1-2-15-35-33(14-1)28-31-42-40-19-6-10-24-46(40)54(51(35)42)45-23-9-5-18-39(45)41-30-29-34(32-49(41)54)36-20-13-26-48-52(36)55-50-27-12-11-25-47(50)53(48)43-21-7-3-16-37(43)38-17-4-8-22-44(38)53/h1-32H. The molecule has 0 fully saturated rings. The van der Waals surface area contributed by atoms with Crippen molar-refractivity contribution in [1.29, 1.82) is 0 Å². The molecule has 9 aromatic carbocycles. The van der Waals surface area contributed by atoms with Gasteiger partial charge in [-0.3, -0.25) is 0 Å². The van der Waals surface area contributed by atoms with E-state index in [9.17, 15) is 0 Å². The van der Waals surface area contributed by atoms with Gasteiger partial charge in [0.05, 0.1) is 10.8 Å². The van der Waals surface area contributed by atoms with Crippen LogP contribution in [0.25, 0.3) is 55.3 Å². The molecule has 55 heavy (non-hydrogen) atoms. The first-order chi connectivity index (χ1) is 27.3. The highest BCUT2D eigenvalue weighted by Crippen LogP contribution is 2.66. The summed E-state index contributed by atoms with van der Waals surface area (Å²) in [7, 11) is 0. The molecule has 0 radical (unpaired) electrons. The Labute approximate surface area is 319 Å². The van der Waals surface area contributed by atoms with Crippen molar-refractivity contribution >= 4 is 10.8 Å². The molecular weight excluding hydrogens is 665 g/mol. The Bertz CT molecular complexity index is 3090. The number of para-hydroxylation sites is 2. The SMILES string of the molecule is c1ccc2c(c1)Oc1c(-c3ccc4c(c3)C3(c5ccccc5-4)c4ccccc4-c4ccc5ccccc5c43)cccc1C21c2ccccc2-c2ccccc21. The van der Waals surface area contributed by atoms with Gasteiger partial charge in [0.1, 0.15) is 11.5 Å². The van der Waals surface area contributed by atoms with Gasteiger partial charge in [-0.05, 0) is 95.2 Å². The van der Waals surface area contributed by atoms with Crippen LogP contribution in [0.3, 0.4) is 0 Å². The van der Waals surface area contributed by atoms with E-state index in [0.29, 0.717) is 0 Å². The molecule has 1 heteroatoms. The van der Waals surface area contributed by atoms with E-state index in [4.69, 9.17) is 4.74 Å². The van der Waals surface area contributed by atoms with Crippen molar-refractivity contribution in [2.24, 2.45) is 0 Å². The second-order valence-corrected chi connectivity index (χ2v) is 15.4. The molecule has 0 N–H and O–H groups in total. The highest BCUT2D eigenvalue weighted by atomic mass is 16.5. The first-order valence-corrected chi connectivity index (χ1v) is 19.3. The van der Waals surface area contributed by atoms with Crippen LogP contribution in [0, 0.1) is 0 Å². The molecule has 2 spiro atoms. The van der Waals surface area contributed by atoms with Gasteiger partial charge in [0, 0.05) is 16.7 Å². The van der Waals surface area contributed by atoms with E-state index in [1.807, 2.05) is 0 Å². The number of hydrogen-bond acceptors (Lipinski definition) is 1. The average molecular weight is 697 g/mol. The zero-order chi connectivity index (χ0) is 35.9. The molecule has 254 valence electrons. The predicted molar refractivity (Wildman–Crippen MR) is 223 cm³/mol. The van der Waals surface area contributed by atoms with E-state index in [0.717, 1.165) is 22.6 Å². The van der Waals surface area contributed by atoms with Crippen LogP contribution >= 0.6 is 0 Å². The maximum absolute atomic E-state index is 7.15. The molecule has 1 unspecified atom stereocenters. The van der Waals surface area contributed by atoms with Crippen molar-refractivity contribution in [1.82, 2.24) is 0 Å². The lowest BCUT2D eigenvalue weighted by molar-refractivity contribution is 0.438. The summed E-state index contributed by atoms with van der Waals surface area (Å²) in [6.07, 6.45) is 0. The van der Waals surface area contributed by atoms with Gasteiger partial charge in [-0.2, -0.15) is 0 Å². The summed E-state index contributed by atoms with van der Waals surface area (Å²) in [5, 5.41) is 2.57. The van der Waals surface area contributed by atoms with E-state index >= 15 is 0 Å². The van der Waals surface area contributed by atoms with E-state index in [1.165, 1.54) is 88.7 Å². The van der Waals surface area contributed by atoms with E-state index in [2.05, 4.69) is 194 Å². The molecule has 1 aliphatic heterocycles. The van der Waals surface area contributed by atoms with Gasteiger partial charge < -0.3 is 4.74 Å². The quantitative estimate of drug-likeness (QED) is 0.166. The van der Waals surface area contributed by atoms with Gasteiger partial charge >= 0.3 is 0 Å². The minimum atomic E-state index is -0.510. The average Bonchev–Trinajstić information content (AvgIpc) is 3.84. The van der Waals surface area contributed by atoms with Crippen molar-refractivity contribution in [3.63, 3.8) is 0 Å². The molecule has 13 rings (SSSR count). The molecule has 1 nitrogen and oxygen atoms in total. The minimum Gasteiger partial charge on any atom is -0.456 e. The highest BCUT2D eigenvalue weighted by Gasteiger charge is 2.54. The summed E-state index contributed by atoms with van der Waals surface area (Å²) < 4.78 is 7.15. The summed E-state index contributed by atoms with van der Waals surface area (Å²) in [6, 6.07) is 72.3. The molecule has 3 aliphatic carbocycles. The lowest BCUT2D eigenvalue weighted by Gasteiger charge is -2.40. The molecule has 9 aromatic rings. The van der Waals surface area contributed by atoms with E-state index < -0.39 is 10.8 Å². The first kappa shape index (κ1) is 29.5. The molecule has 0 saturated heterocycles.